The molecule has 1 aliphatic heterocycles. The molecule has 0 saturated carbocycles. The van der Waals surface area contributed by atoms with E-state index in [9.17, 15) is 18.0 Å². The number of rotatable bonds is 3. The van der Waals surface area contributed by atoms with E-state index in [0.717, 1.165) is 25.9 Å². The van der Waals surface area contributed by atoms with Gasteiger partial charge in [-0.3, -0.25) is 4.79 Å². The van der Waals surface area contributed by atoms with Gasteiger partial charge in [0.25, 0.3) is 5.91 Å². The van der Waals surface area contributed by atoms with Crippen molar-refractivity contribution in [1.29, 1.82) is 0 Å². The Morgan fingerprint density at radius 2 is 1.84 bits per heavy atom. The fraction of sp³-hybridized carbons (Fsp3) is 0.400. The molecule has 0 atom stereocenters. The zero-order valence-corrected chi connectivity index (χ0v) is 14.2. The van der Waals surface area contributed by atoms with Crippen molar-refractivity contribution in [1.82, 2.24) is 20.3 Å². The SMILES string of the molecule is Cc1c(C(=O)Nc2cc(F)c(F)cc2F)nnn1C1CCNCC1.Cl. The van der Waals surface area contributed by atoms with Crippen LogP contribution in [-0.4, -0.2) is 34.0 Å². The van der Waals surface area contributed by atoms with Crippen LogP contribution in [0, 0.1) is 24.4 Å². The van der Waals surface area contributed by atoms with Crippen LogP contribution in [0.1, 0.15) is 35.1 Å². The first-order valence-corrected chi connectivity index (χ1v) is 7.55. The third-order valence-electron chi connectivity index (χ3n) is 4.06. The molecule has 25 heavy (non-hydrogen) atoms. The van der Waals surface area contributed by atoms with Crippen molar-refractivity contribution in [2.45, 2.75) is 25.8 Å². The number of carbonyl (C=O) groups excluding carboxylic acids is 1. The normalized spacial score (nSPS) is 14.9. The smallest absolute Gasteiger partial charge is 0.278 e. The van der Waals surface area contributed by atoms with Gasteiger partial charge in [0.15, 0.2) is 17.3 Å². The Bertz CT molecular complexity index is 777. The van der Waals surface area contributed by atoms with Crippen molar-refractivity contribution in [2.75, 3.05) is 18.4 Å². The van der Waals surface area contributed by atoms with Crippen molar-refractivity contribution in [3.05, 3.63) is 41.0 Å². The highest BCUT2D eigenvalue weighted by Gasteiger charge is 2.23. The lowest BCUT2D eigenvalue weighted by Crippen LogP contribution is -2.30. The molecule has 10 heteroatoms. The second-order valence-electron chi connectivity index (χ2n) is 5.65. The Hall–Kier alpha value is -2.13. The van der Waals surface area contributed by atoms with Crippen LogP contribution in [0.4, 0.5) is 18.9 Å². The highest BCUT2D eigenvalue weighted by molar-refractivity contribution is 6.03. The molecule has 1 saturated heterocycles. The standard InChI is InChI=1S/C15H16F3N5O.ClH/c1-8-14(21-22-23(8)9-2-4-19-5-3-9)15(24)20-13-7-11(17)10(16)6-12(13)18;/h6-7,9,19H,2-5H2,1H3,(H,20,24);1H. The van der Waals surface area contributed by atoms with Crippen LogP contribution in [0.2, 0.25) is 0 Å². The largest absolute Gasteiger partial charge is 0.318 e. The van der Waals surface area contributed by atoms with Gasteiger partial charge in [-0.05, 0) is 32.9 Å². The van der Waals surface area contributed by atoms with Crippen molar-refractivity contribution in [3.63, 3.8) is 0 Å². The third kappa shape index (κ3) is 3.93. The molecule has 0 bridgehead atoms. The summed E-state index contributed by atoms with van der Waals surface area (Å²) in [6, 6.07) is 1.11. The van der Waals surface area contributed by atoms with Gasteiger partial charge in [-0.15, -0.1) is 17.5 Å². The molecule has 2 N–H and O–H groups in total. The fourth-order valence-electron chi connectivity index (χ4n) is 2.75. The summed E-state index contributed by atoms with van der Waals surface area (Å²) in [5, 5.41) is 13.3. The van der Waals surface area contributed by atoms with Crippen LogP contribution in [0.3, 0.4) is 0 Å². The molecular formula is C15H17ClF3N5O. The lowest BCUT2D eigenvalue weighted by Gasteiger charge is -2.23. The number of benzene rings is 1. The highest BCUT2D eigenvalue weighted by Crippen LogP contribution is 2.22. The Balaban J connectivity index is 0.00000225. The number of anilines is 1. The predicted molar refractivity (Wildman–Crippen MR) is 87.4 cm³/mol. The average molecular weight is 376 g/mol. The molecule has 2 aromatic rings. The average Bonchev–Trinajstić information content (AvgIpc) is 2.95. The van der Waals surface area contributed by atoms with Gasteiger partial charge in [0, 0.05) is 12.1 Å². The first-order valence-electron chi connectivity index (χ1n) is 7.55. The predicted octanol–water partition coefficient (Wildman–Crippen LogP) is 2.60. The number of amides is 1. The summed E-state index contributed by atoms with van der Waals surface area (Å²) in [5.74, 6) is -4.36. The van der Waals surface area contributed by atoms with Gasteiger partial charge in [-0.25, -0.2) is 17.9 Å². The summed E-state index contributed by atoms with van der Waals surface area (Å²) in [4.78, 5) is 12.3. The molecule has 0 unspecified atom stereocenters. The van der Waals surface area contributed by atoms with E-state index >= 15 is 0 Å². The van der Waals surface area contributed by atoms with E-state index in [-0.39, 0.29) is 24.1 Å². The summed E-state index contributed by atoms with van der Waals surface area (Å²) in [5.41, 5.74) is 0.120. The van der Waals surface area contributed by atoms with Gasteiger partial charge >= 0.3 is 0 Å². The number of nitrogens with zero attached hydrogens (tertiary/aromatic N) is 3. The van der Waals surface area contributed by atoms with E-state index in [0.29, 0.717) is 17.8 Å². The molecule has 0 spiro atoms. The number of piperidine rings is 1. The van der Waals surface area contributed by atoms with Crippen molar-refractivity contribution >= 4 is 24.0 Å². The molecule has 1 aromatic carbocycles. The molecule has 1 aliphatic rings. The van der Waals surface area contributed by atoms with Crippen LogP contribution in [-0.2, 0) is 0 Å². The molecule has 1 aromatic heterocycles. The third-order valence-corrected chi connectivity index (χ3v) is 4.06. The summed E-state index contributed by atoms with van der Waals surface area (Å²) >= 11 is 0. The highest BCUT2D eigenvalue weighted by atomic mass is 35.5. The molecule has 6 nitrogen and oxygen atoms in total. The number of carbonyl (C=O) groups is 1. The summed E-state index contributed by atoms with van der Waals surface area (Å²) in [6.07, 6.45) is 1.73. The molecule has 0 aliphatic carbocycles. The van der Waals surface area contributed by atoms with E-state index in [1.165, 1.54) is 0 Å². The van der Waals surface area contributed by atoms with E-state index < -0.39 is 29.0 Å². The second-order valence-corrected chi connectivity index (χ2v) is 5.65. The van der Waals surface area contributed by atoms with Crippen LogP contribution >= 0.6 is 12.4 Å². The van der Waals surface area contributed by atoms with E-state index in [4.69, 9.17) is 0 Å². The zero-order valence-electron chi connectivity index (χ0n) is 13.4. The van der Waals surface area contributed by atoms with Crippen LogP contribution in [0.5, 0.6) is 0 Å². The maximum atomic E-state index is 13.6. The number of aromatic nitrogens is 3. The van der Waals surface area contributed by atoms with Crippen LogP contribution in [0.25, 0.3) is 0 Å². The zero-order chi connectivity index (χ0) is 17.3. The maximum Gasteiger partial charge on any atom is 0.278 e. The van der Waals surface area contributed by atoms with Gasteiger partial charge < -0.3 is 10.6 Å². The summed E-state index contributed by atoms with van der Waals surface area (Å²) < 4.78 is 41.5. The van der Waals surface area contributed by atoms with E-state index in [1.807, 2.05) is 0 Å². The minimum absolute atomic E-state index is 0. The molecule has 1 fully saturated rings. The van der Waals surface area contributed by atoms with Gasteiger partial charge in [-0.1, -0.05) is 5.21 Å². The Morgan fingerprint density at radius 1 is 1.20 bits per heavy atom. The molecule has 3 rings (SSSR count). The number of hydrogen-bond donors (Lipinski definition) is 2. The molecule has 1 amide bonds. The Kier molecular flexibility index (Phi) is 6.02. The van der Waals surface area contributed by atoms with Gasteiger partial charge in [0.05, 0.1) is 17.4 Å². The summed E-state index contributed by atoms with van der Waals surface area (Å²) in [7, 11) is 0. The first-order chi connectivity index (χ1) is 11.5. The minimum atomic E-state index is -1.32. The van der Waals surface area contributed by atoms with Crippen molar-refractivity contribution in [3.8, 4) is 0 Å². The maximum absolute atomic E-state index is 13.6. The minimum Gasteiger partial charge on any atom is -0.318 e. The van der Waals surface area contributed by atoms with Crippen LogP contribution in [0.15, 0.2) is 12.1 Å². The molecule has 2 heterocycles. The number of nitrogens with one attached hydrogen (secondary N) is 2. The van der Waals surface area contributed by atoms with Crippen molar-refractivity contribution < 1.29 is 18.0 Å². The second kappa shape index (κ2) is 7.83. The quantitative estimate of drug-likeness (QED) is 0.809. The Labute approximate surface area is 148 Å². The topological polar surface area (TPSA) is 71.8 Å². The Morgan fingerprint density at radius 3 is 2.52 bits per heavy atom. The van der Waals surface area contributed by atoms with E-state index in [1.54, 1.807) is 11.6 Å². The lowest BCUT2D eigenvalue weighted by atomic mass is 10.1. The summed E-state index contributed by atoms with van der Waals surface area (Å²) in [6.45, 7) is 3.40. The van der Waals surface area contributed by atoms with Gasteiger partial charge in [0.2, 0.25) is 0 Å². The number of halogens is 4. The molecular weight excluding hydrogens is 359 g/mol. The van der Waals surface area contributed by atoms with Gasteiger partial charge in [0.1, 0.15) is 5.82 Å². The molecule has 136 valence electrons. The van der Waals surface area contributed by atoms with Crippen LogP contribution < -0.4 is 10.6 Å². The first kappa shape index (κ1) is 19.2. The lowest BCUT2D eigenvalue weighted by molar-refractivity contribution is 0.102. The number of hydrogen-bond acceptors (Lipinski definition) is 4. The van der Waals surface area contributed by atoms with Gasteiger partial charge in [-0.2, -0.15) is 0 Å². The molecule has 0 radical (unpaired) electrons. The fourth-order valence-corrected chi connectivity index (χ4v) is 2.75. The van der Waals surface area contributed by atoms with Crippen molar-refractivity contribution in [2.24, 2.45) is 0 Å². The monoisotopic (exact) mass is 375 g/mol. The van der Waals surface area contributed by atoms with E-state index in [2.05, 4.69) is 20.9 Å².